The molecule has 2 atom stereocenters. The molecule has 1 aliphatic heterocycles. The van der Waals surface area contributed by atoms with Crippen molar-refractivity contribution in [3.8, 4) is 5.75 Å². The smallest absolute Gasteiger partial charge is 0.313 e. The maximum absolute atomic E-state index is 13.5. The summed E-state index contributed by atoms with van der Waals surface area (Å²) in [6, 6.07) is 14.1. The summed E-state index contributed by atoms with van der Waals surface area (Å²) in [4.78, 5) is 27.8. The molecule has 1 aliphatic carbocycles. The van der Waals surface area contributed by atoms with Gasteiger partial charge in [0.1, 0.15) is 11.7 Å². The highest BCUT2D eigenvalue weighted by molar-refractivity contribution is 6.00. The molecule has 28 heavy (non-hydrogen) atoms. The molecular formula is C23H25NO4. The largest absolute Gasteiger partial charge is 0.497 e. The van der Waals surface area contributed by atoms with E-state index in [2.05, 4.69) is 0 Å². The molecule has 1 heterocycles. The Bertz CT molecular complexity index is 870. The van der Waals surface area contributed by atoms with Gasteiger partial charge in [0.2, 0.25) is 0 Å². The Hall–Kier alpha value is -2.82. The van der Waals surface area contributed by atoms with Crippen molar-refractivity contribution in [2.24, 2.45) is 0 Å². The monoisotopic (exact) mass is 379 g/mol. The maximum Gasteiger partial charge on any atom is 0.313 e. The van der Waals surface area contributed by atoms with E-state index >= 15 is 0 Å². The Morgan fingerprint density at radius 1 is 1.04 bits per heavy atom. The van der Waals surface area contributed by atoms with E-state index in [1.54, 1.807) is 19.2 Å². The molecule has 0 aromatic heterocycles. The van der Waals surface area contributed by atoms with Crippen LogP contribution in [0.15, 0.2) is 48.5 Å². The van der Waals surface area contributed by atoms with Gasteiger partial charge in [-0.15, -0.1) is 0 Å². The third-order valence-corrected chi connectivity index (χ3v) is 6.07. The van der Waals surface area contributed by atoms with E-state index in [9.17, 15) is 14.7 Å². The lowest BCUT2D eigenvalue weighted by molar-refractivity contribution is -0.141. The van der Waals surface area contributed by atoms with Crippen LogP contribution >= 0.6 is 0 Å². The molecule has 2 aromatic rings. The maximum atomic E-state index is 13.5. The summed E-state index contributed by atoms with van der Waals surface area (Å²) in [5, 5.41) is 10.2. The van der Waals surface area contributed by atoms with Crippen LogP contribution in [0.5, 0.6) is 5.75 Å². The molecule has 1 fully saturated rings. The van der Waals surface area contributed by atoms with Crippen LogP contribution in [0, 0.1) is 0 Å². The number of amides is 1. The zero-order valence-corrected chi connectivity index (χ0v) is 16.0. The van der Waals surface area contributed by atoms with Crippen molar-refractivity contribution < 1.29 is 19.4 Å². The minimum Gasteiger partial charge on any atom is -0.497 e. The number of ether oxygens (including phenoxy) is 1. The number of fused-ring (bicyclic) bond motifs is 1. The van der Waals surface area contributed by atoms with Gasteiger partial charge in [0, 0.05) is 11.6 Å². The Balaban J connectivity index is 1.87. The first-order valence-electron chi connectivity index (χ1n) is 9.90. The molecule has 2 aromatic carbocycles. The highest BCUT2D eigenvalue weighted by Gasteiger charge is 2.46. The van der Waals surface area contributed by atoms with Crippen molar-refractivity contribution in [1.82, 2.24) is 4.90 Å². The van der Waals surface area contributed by atoms with Crippen molar-refractivity contribution in [2.45, 2.75) is 50.1 Å². The predicted octanol–water partition coefficient (Wildman–Crippen LogP) is 4.39. The Kier molecular flexibility index (Phi) is 5.07. The van der Waals surface area contributed by atoms with Gasteiger partial charge in [0.25, 0.3) is 5.91 Å². The summed E-state index contributed by atoms with van der Waals surface area (Å²) >= 11 is 0. The fourth-order valence-corrected chi connectivity index (χ4v) is 4.73. The molecular weight excluding hydrogens is 354 g/mol. The average Bonchev–Trinajstić information content (AvgIpc) is 2.74. The van der Waals surface area contributed by atoms with E-state index in [-0.39, 0.29) is 11.9 Å². The number of nitrogens with zero attached hydrogens (tertiary/aromatic N) is 1. The summed E-state index contributed by atoms with van der Waals surface area (Å²) in [5.41, 5.74) is 1.96. The van der Waals surface area contributed by atoms with Crippen LogP contribution in [0.3, 0.4) is 0 Å². The van der Waals surface area contributed by atoms with Crippen LogP contribution in [0.1, 0.15) is 65.5 Å². The lowest BCUT2D eigenvalue weighted by atomic mass is 9.77. The molecule has 1 N–H and O–H groups in total. The number of carbonyl (C=O) groups excluding carboxylic acids is 1. The molecule has 0 saturated heterocycles. The summed E-state index contributed by atoms with van der Waals surface area (Å²) in [5.74, 6) is -1.03. The standard InChI is InChI=1S/C23H25NO4/c1-28-17-13-11-15(12-14-17)21-20(23(26)27)18-9-5-6-10-19(18)22(25)24(21)16-7-3-2-4-8-16/h5-6,9-14,16,20-21H,2-4,7-8H2,1H3,(H,26,27)/t20-,21-/m0/s1. The Morgan fingerprint density at radius 3 is 2.36 bits per heavy atom. The van der Waals surface area contributed by atoms with E-state index in [4.69, 9.17) is 4.74 Å². The molecule has 1 amide bonds. The van der Waals surface area contributed by atoms with Crippen molar-refractivity contribution in [2.75, 3.05) is 7.11 Å². The van der Waals surface area contributed by atoms with Crippen LogP contribution in [-0.2, 0) is 4.79 Å². The SMILES string of the molecule is COc1ccc([C@H]2[C@@H](C(=O)O)c3ccccc3C(=O)N2C2CCCCC2)cc1. The molecule has 0 unspecified atom stereocenters. The van der Waals surface area contributed by atoms with Gasteiger partial charge in [0.05, 0.1) is 13.2 Å². The summed E-state index contributed by atoms with van der Waals surface area (Å²) in [6.45, 7) is 0. The fraction of sp³-hybridized carbons (Fsp3) is 0.391. The number of methoxy groups -OCH3 is 1. The van der Waals surface area contributed by atoms with Gasteiger partial charge in [-0.1, -0.05) is 49.6 Å². The van der Waals surface area contributed by atoms with Crippen LogP contribution in [0.25, 0.3) is 0 Å². The second-order valence-electron chi connectivity index (χ2n) is 7.63. The third kappa shape index (κ3) is 3.15. The first kappa shape index (κ1) is 18.5. The summed E-state index contributed by atoms with van der Waals surface area (Å²) in [7, 11) is 1.60. The zero-order valence-electron chi connectivity index (χ0n) is 16.0. The number of carboxylic acid groups (broad SMARTS) is 1. The molecule has 0 spiro atoms. The molecule has 4 rings (SSSR count). The highest BCUT2D eigenvalue weighted by atomic mass is 16.5. The number of hydrogen-bond acceptors (Lipinski definition) is 3. The minimum absolute atomic E-state index is 0.0548. The van der Waals surface area contributed by atoms with Gasteiger partial charge in [0.15, 0.2) is 0 Å². The number of hydrogen-bond donors (Lipinski definition) is 1. The predicted molar refractivity (Wildman–Crippen MR) is 106 cm³/mol. The van der Waals surface area contributed by atoms with Crippen molar-refractivity contribution >= 4 is 11.9 Å². The first-order valence-corrected chi connectivity index (χ1v) is 9.90. The van der Waals surface area contributed by atoms with E-state index in [1.807, 2.05) is 41.3 Å². The minimum atomic E-state index is -0.901. The van der Waals surface area contributed by atoms with Crippen LogP contribution in [0.2, 0.25) is 0 Å². The van der Waals surface area contributed by atoms with Crippen LogP contribution in [0.4, 0.5) is 0 Å². The molecule has 5 nitrogen and oxygen atoms in total. The number of aliphatic carboxylic acids is 1. The van der Waals surface area contributed by atoms with Crippen molar-refractivity contribution in [1.29, 1.82) is 0 Å². The van der Waals surface area contributed by atoms with Crippen molar-refractivity contribution in [3.63, 3.8) is 0 Å². The van der Waals surface area contributed by atoms with Crippen LogP contribution < -0.4 is 4.74 Å². The summed E-state index contributed by atoms with van der Waals surface area (Å²) in [6.07, 6.45) is 5.16. The quantitative estimate of drug-likeness (QED) is 0.855. The highest BCUT2D eigenvalue weighted by Crippen LogP contribution is 2.45. The number of rotatable bonds is 4. The molecule has 0 radical (unpaired) electrons. The lowest BCUT2D eigenvalue weighted by Gasteiger charge is -2.46. The van der Waals surface area contributed by atoms with Crippen molar-refractivity contribution in [3.05, 3.63) is 65.2 Å². The average molecular weight is 379 g/mol. The Labute approximate surface area is 164 Å². The van der Waals surface area contributed by atoms with Gasteiger partial charge < -0.3 is 14.7 Å². The topological polar surface area (TPSA) is 66.8 Å². The fourth-order valence-electron chi connectivity index (χ4n) is 4.73. The van der Waals surface area contributed by atoms with Gasteiger partial charge >= 0.3 is 5.97 Å². The van der Waals surface area contributed by atoms with E-state index in [1.165, 1.54) is 6.42 Å². The first-order chi connectivity index (χ1) is 13.6. The normalized spacial score (nSPS) is 22.6. The molecule has 0 bridgehead atoms. The third-order valence-electron chi connectivity index (χ3n) is 6.07. The molecule has 1 saturated carbocycles. The molecule has 146 valence electrons. The zero-order chi connectivity index (χ0) is 19.7. The second-order valence-corrected chi connectivity index (χ2v) is 7.63. The number of benzene rings is 2. The van der Waals surface area contributed by atoms with Gasteiger partial charge in [-0.25, -0.2) is 0 Å². The van der Waals surface area contributed by atoms with E-state index < -0.39 is 17.9 Å². The second kappa shape index (κ2) is 7.66. The van der Waals surface area contributed by atoms with Gasteiger partial charge in [-0.3, -0.25) is 9.59 Å². The molecule has 5 heteroatoms. The molecule has 2 aliphatic rings. The van der Waals surface area contributed by atoms with E-state index in [0.717, 1.165) is 31.2 Å². The van der Waals surface area contributed by atoms with Crippen LogP contribution in [-0.4, -0.2) is 35.0 Å². The van der Waals surface area contributed by atoms with Gasteiger partial charge in [-0.2, -0.15) is 0 Å². The van der Waals surface area contributed by atoms with Gasteiger partial charge in [-0.05, 0) is 42.2 Å². The number of carboxylic acids is 1. The lowest BCUT2D eigenvalue weighted by Crippen LogP contribution is -2.50. The number of carbonyl (C=O) groups is 2. The Morgan fingerprint density at radius 2 is 1.71 bits per heavy atom. The summed E-state index contributed by atoms with van der Waals surface area (Å²) < 4.78 is 5.25. The van der Waals surface area contributed by atoms with E-state index in [0.29, 0.717) is 16.9 Å².